The van der Waals surface area contributed by atoms with Crippen LogP contribution in [0.15, 0.2) is 0 Å². The minimum absolute atomic E-state index is 0.0413. The van der Waals surface area contributed by atoms with E-state index >= 15 is 0 Å². The third kappa shape index (κ3) is 2.46. The molecule has 0 aromatic carbocycles. The molecule has 0 aliphatic carbocycles. The number of likely N-dealkylation sites (tertiary alicyclic amines) is 1. The first kappa shape index (κ1) is 9.48. The summed E-state index contributed by atoms with van der Waals surface area (Å²) >= 11 is 0. The van der Waals surface area contributed by atoms with Crippen molar-refractivity contribution in [3.05, 3.63) is 0 Å². The molecule has 1 heterocycles. The number of aliphatic hydroxyl groups excluding tert-OH is 1. The first-order valence-corrected chi connectivity index (χ1v) is 4.23. The van der Waals surface area contributed by atoms with Crippen LogP contribution in [0, 0.1) is 0 Å². The molecule has 0 aromatic rings. The molecule has 2 N–H and O–H groups in total. The highest BCUT2D eigenvalue weighted by Gasteiger charge is 2.25. The first-order chi connectivity index (χ1) is 5.59. The van der Waals surface area contributed by atoms with Crippen LogP contribution < -0.4 is 0 Å². The molecule has 1 aliphatic heterocycles. The van der Waals surface area contributed by atoms with Gasteiger partial charge in [-0.15, -0.1) is 0 Å². The largest absolute Gasteiger partial charge is 0.481 e. The minimum atomic E-state index is -0.774. The molecule has 1 fully saturated rings. The third-order valence-corrected chi connectivity index (χ3v) is 2.29. The molecular formula is C8H15NO3. The van der Waals surface area contributed by atoms with Gasteiger partial charge >= 0.3 is 5.97 Å². The van der Waals surface area contributed by atoms with E-state index in [1.807, 2.05) is 11.8 Å². The van der Waals surface area contributed by atoms with Gasteiger partial charge in [0, 0.05) is 19.1 Å². The van der Waals surface area contributed by atoms with Crippen LogP contribution >= 0.6 is 0 Å². The Morgan fingerprint density at radius 2 is 2.42 bits per heavy atom. The quantitative estimate of drug-likeness (QED) is 0.626. The lowest BCUT2D eigenvalue weighted by atomic mass is 10.2. The van der Waals surface area contributed by atoms with Gasteiger partial charge in [0.1, 0.15) is 0 Å². The molecule has 0 spiro atoms. The van der Waals surface area contributed by atoms with Crippen LogP contribution in [0.2, 0.25) is 0 Å². The van der Waals surface area contributed by atoms with Crippen LogP contribution in [-0.4, -0.2) is 46.3 Å². The lowest BCUT2D eigenvalue weighted by Crippen LogP contribution is -2.33. The standard InChI is InChI=1S/C8H15NO3/c1-6(4-8(11)12)9-3-2-7(10)5-9/h6-7,10H,2-5H2,1H3,(H,11,12)/t6?,7-/m1/s1. The summed E-state index contributed by atoms with van der Waals surface area (Å²) < 4.78 is 0. The van der Waals surface area contributed by atoms with E-state index < -0.39 is 5.97 Å². The van der Waals surface area contributed by atoms with Crippen LogP contribution in [0.1, 0.15) is 19.8 Å². The second-order valence-corrected chi connectivity index (χ2v) is 3.38. The fourth-order valence-corrected chi connectivity index (χ4v) is 1.55. The van der Waals surface area contributed by atoms with Crippen LogP contribution in [0.3, 0.4) is 0 Å². The van der Waals surface area contributed by atoms with Crippen LogP contribution in [0.25, 0.3) is 0 Å². The summed E-state index contributed by atoms with van der Waals surface area (Å²) in [7, 11) is 0. The topological polar surface area (TPSA) is 60.8 Å². The molecule has 0 aromatic heterocycles. The van der Waals surface area contributed by atoms with E-state index in [0.717, 1.165) is 13.0 Å². The van der Waals surface area contributed by atoms with Crippen molar-refractivity contribution in [2.75, 3.05) is 13.1 Å². The van der Waals surface area contributed by atoms with Crippen molar-refractivity contribution in [2.24, 2.45) is 0 Å². The van der Waals surface area contributed by atoms with Crippen molar-refractivity contribution in [3.8, 4) is 0 Å². The van der Waals surface area contributed by atoms with Gasteiger partial charge < -0.3 is 10.2 Å². The number of aliphatic carboxylic acids is 1. The molecule has 1 rings (SSSR count). The Morgan fingerprint density at radius 1 is 1.75 bits per heavy atom. The third-order valence-electron chi connectivity index (χ3n) is 2.29. The molecule has 0 bridgehead atoms. The van der Waals surface area contributed by atoms with Gasteiger partial charge in [-0.3, -0.25) is 9.69 Å². The summed E-state index contributed by atoms with van der Waals surface area (Å²) in [5.74, 6) is -0.774. The van der Waals surface area contributed by atoms with Gasteiger partial charge in [-0.2, -0.15) is 0 Å². The Hall–Kier alpha value is -0.610. The number of rotatable bonds is 3. The highest BCUT2D eigenvalue weighted by atomic mass is 16.4. The monoisotopic (exact) mass is 173 g/mol. The molecule has 1 unspecified atom stereocenters. The summed E-state index contributed by atoms with van der Waals surface area (Å²) in [5, 5.41) is 17.7. The van der Waals surface area contributed by atoms with Crippen molar-refractivity contribution in [2.45, 2.75) is 31.9 Å². The van der Waals surface area contributed by atoms with E-state index in [0.29, 0.717) is 6.54 Å². The lowest BCUT2D eigenvalue weighted by molar-refractivity contribution is -0.138. The Labute approximate surface area is 71.8 Å². The number of hydrogen-bond acceptors (Lipinski definition) is 3. The zero-order valence-corrected chi connectivity index (χ0v) is 7.23. The van der Waals surface area contributed by atoms with Gasteiger partial charge in [0.15, 0.2) is 0 Å². The molecule has 70 valence electrons. The van der Waals surface area contributed by atoms with Gasteiger partial charge in [0.05, 0.1) is 12.5 Å². The molecule has 12 heavy (non-hydrogen) atoms. The molecular weight excluding hydrogens is 158 g/mol. The van der Waals surface area contributed by atoms with Crippen LogP contribution in [0.5, 0.6) is 0 Å². The molecule has 4 nitrogen and oxygen atoms in total. The minimum Gasteiger partial charge on any atom is -0.481 e. The highest BCUT2D eigenvalue weighted by Crippen LogP contribution is 2.14. The predicted molar refractivity (Wildman–Crippen MR) is 43.9 cm³/mol. The molecule has 0 amide bonds. The van der Waals surface area contributed by atoms with Gasteiger partial charge in [0.2, 0.25) is 0 Å². The fourth-order valence-electron chi connectivity index (χ4n) is 1.55. The van der Waals surface area contributed by atoms with Crippen molar-refractivity contribution >= 4 is 5.97 Å². The maximum Gasteiger partial charge on any atom is 0.304 e. The molecule has 1 saturated heterocycles. The van der Waals surface area contributed by atoms with Gasteiger partial charge in [-0.1, -0.05) is 0 Å². The van der Waals surface area contributed by atoms with E-state index in [4.69, 9.17) is 5.11 Å². The van der Waals surface area contributed by atoms with E-state index in [1.165, 1.54) is 0 Å². The summed E-state index contributed by atoms with van der Waals surface area (Å²) in [5.41, 5.74) is 0. The molecule has 2 atom stereocenters. The van der Waals surface area contributed by atoms with Crippen LogP contribution in [-0.2, 0) is 4.79 Å². The summed E-state index contributed by atoms with van der Waals surface area (Å²) in [4.78, 5) is 12.4. The van der Waals surface area contributed by atoms with E-state index in [-0.39, 0.29) is 18.6 Å². The average molecular weight is 173 g/mol. The number of hydrogen-bond donors (Lipinski definition) is 2. The maximum atomic E-state index is 10.4. The Balaban J connectivity index is 2.32. The van der Waals surface area contributed by atoms with Gasteiger partial charge in [-0.25, -0.2) is 0 Å². The van der Waals surface area contributed by atoms with E-state index in [2.05, 4.69) is 0 Å². The van der Waals surface area contributed by atoms with Crippen molar-refractivity contribution < 1.29 is 15.0 Å². The Morgan fingerprint density at radius 3 is 2.83 bits per heavy atom. The zero-order valence-electron chi connectivity index (χ0n) is 7.23. The summed E-state index contributed by atoms with van der Waals surface area (Å²) in [6.07, 6.45) is 0.665. The Kier molecular flexibility index (Phi) is 3.05. The number of aliphatic hydroxyl groups is 1. The van der Waals surface area contributed by atoms with Gasteiger partial charge in [0.25, 0.3) is 0 Å². The molecule has 0 saturated carbocycles. The molecule has 1 aliphatic rings. The van der Waals surface area contributed by atoms with E-state index in [9.17, 15) is 9.90 Å². The second kappa shape index (κ2) is 3.87. The van der Waals surface area contributed by atoms with Crippen LogP contribution in [0.4, 0.5) is 0 Å². The number of nitrogens with zero attached hydrogens (tertiary/aromatic N) is 1. The number of carboxylic acids is 1. The number of carbonyl (C=O) groups is 1. The van der Waals surface area contributed by atoms with E-state index in [1.54, 1.807) is 0 Å². The SMILES string of the molecule is CC(CC(=O)O)N1CC[C@@H](O)C1. The Bertz CT molecular complexity index is 172. The average Bonchev–Trinajstić information content (AvgIpc) is 2.34. The lowest BCUT2D eigenvalue weighted by Gasteiger charge is -2.21. The summed E-state index contributed by atoms with van der Waals surface area (Å²) in [6.45, 7) is 3.32. The van der Waals surface area contributed by atoms with Crippen molar-refractivity contribution in [1.82, 2.24) is 4.90 Å². The second-order valence-electron chi connectivity index (χ2n) is 3.38. The smallest absolute Gasteiger partial charge is 0.304 e. The van der Waals surface area contributed by atoms with Crippen molar-refractivity contribution in [1.29, 1.82) is 0 Å². The molecule has 0 radical (unpaired) electrons. The number of β-amino-alcohol motifs (C(OH)–C–C–N with tert-alkyl or cyclic N) is 1. The predicted octanol–water partition coefficient (Wildman–Crippen LogP) is -0.0838. The van der Waals surface area contributed by atoms with Gasteiger partial charge in [-0.05, 0) is 13.3 Å². The maximum absolute atomic E-state index is 10.4. The summed E-state index contributed by atoms with van der Waals surface area (Å²) in [6, 6.07) is 0.0413. The first-order valence-electron chi connectivity index (χ1n) is 4.23. The normalized spacial score (nSPS) is 27.3. The van der Waals surface area contributed by atoms with Crippen molar-refractivity contribution in [3.63, 3.8) is 0 Å². The number of carboxylic acid groups (broad SMARTS) is 1. The highest BCUT2D eigenvalue weighted by molar-refractivity contribution is 5.67. The fraction of sp³-hybridized carbons (Fsp3) is 0.875. The zero-order chi connectivity index (χ0) is 9.14. The molecule has 4 heteroatoms.